The standard InChI is InChI=1S/C35H39ClN4O4/c1-22(23-8-10-24(11-9-23)32(43)38-19-15-30(41)42)40-33(44)31(39-35(40)16-12-28(13-17-35)34(2,3)4)27-7-5-6-25(20-27)26-14-18-37-29(36)21-26/h5-11,14,18,20-22,28H,12-13,15-17,19H2,1-4H3,(H,38,43)(H,41,42). The third-order valence-electron chi connectivity index (χ3n) is 9.06. The Kier molecular flexibility index (Phi) is 8.93. The number of carbonyl (C=O) groups excluding carboxylic acids is 2. The Labute approximate surface area is 263 Å². The van der Waals surface area contributed by atoms with Crippen LogP contribution in [-0.2, 0) is 9.59 Å². The molecule has 1 aromatic heterocycles. The number of nitrogens with zero attached hydrogens (tertiary/aromatic N) is 3. The number of aliphatic imine (C=N–C) groups is 1. The van der Waals surface area contributed by atoms with Gasteiger partial charge in [-0.05, 0) is 91.0 Å². The van der Waals surface area contributed by atoms with Crippen LogP contribution in [0.25, 0.3) is 11.1 Å². The van der Waals surface area contributed by atoms with E-state index in [-0.39, 0.29) is 36.2 Å². The van der Waals surface area contributed by atoms with E-state index in [1.807, 2.05) is 54.3 Å². The fourth-order valence-electron chi connectivity index (χ4n) is 6.51. The fourth-order valence-corrected chi connectivity index (χ4v) is 6.69. The number of carbonyl (C=O) groups is 3. The highest BCUT2D eigenvalue weighted by molar-refractivity contribution is 6.47. The number of aromatic nitrogens is 1. The predicted octanol–water partition coefficient (Wildman–Crippen LogP) is 6.93. The summed E-state index contributed by atoms with van der Waals surface area (Å²) in [7, 11) is 0. The summed E-state index contributed by atoms with van der Waals surface area (Å²) in [4.78, 5) is 49.0. The molecular weight excluding hydrogens is 576 g/mol. The maximum atomic E-state index is 14.4. The van der Waals surface area contributed by atoms with Crippen LogP contribution in [0.3, 0.4) is 0 Å². The number of rotatable bonds is 8. The summed E-state index contributed by atoms with van der Waals surface area (Å²) in [5, 5.41) is 11.9. The number of carboxylic acid groups (broad SMARTS) is 1. The van der Waals surface area contributed by atoms with Crippen LogP contribution in [0.1, 0.15) is 87.3 Å². The largest absolute Gasteiger partial charge is 0.481 e. The minimum Gasteiger partial charge on any atom is -0.481 e. The molecule has 44 heavy (non-hydrogen) atoms. The van der Waals surface area contributed by atoms with Crippen LogP contribution >= 0.6 is 11.6 Å². The number of carboxylic acids is 1. The van der Waals surface area contributed by atoms with Gasteiger partial charge in [0.25, 0.3) is 11.8 Å². The molecule has 8 nitrogen and oxygen atoms in total. The van der Waals surface area contributed by atoms with Crippen molar-refractivity contribution in [3.8, 4) is 11.1 Å². The molecule has 0 saturated heterocycles. The Balaban J connectivity index is 1.45. The molecule has 2 amide bonds. The van der Waals surface area contributed by atoms with Crippen molar-refractivity contribution >= 4 is 35.1 Å². The van der Waals surface area contributed by atoms with Gasteiger partial charge < -0.3 is 15.3 Å². The van der Waals surface area contributed by atoms with Gasteiger partial charge in [-0.1, -0.05) is 62.7 Å². The molecule has 1 fully saturated rings. The lowest BCUT2D eigenvalue weighted by molar-refractivity contribution is -0.137. The van der Waals surface area contributed by atoms with E-state index in [0.29, 0.717) is 22.3 Å². The van der Waals surface area contributed by atoms with Gasteiger partial charge in [-0.15, -0.1) is 0 Å². The number of benzene rings is 2. The summed E-state index contributed by atoms with van der Waals surface area (Å²) >= 11 is 6.16. The van der Waals surface area contributed by atoms with Crippen LogP contribution in [0.4, 0.5) is 0 Å². The summed E-state index contributed by atoms with van der Waals surface area (Å²) in [5.74, 6) is -0.864. The van der Waals surface area contributed by atoms with Gasteiger partial charge in [0.2, 0.25) is 0 Å². The maximum absolute atomic E-state index is 14.4. The van der Waals surface area contributed by atoms with E-state index in [1.165, 1.54) is 0 Å². The van der Waals surface area contributed by atoms with E-state index in [9.17, 15) is 14.4 Å². The van der Waals surface area contributed by atoms with Gasteiger partial charge in [-0.2, -0.15) is 0 Å². The second-order valence-corrected chi connectivity index (χ2v) is 13.3. The third kappa shape index (κ3) is 6.55. The summed E-state index contributed by atoms with van der Waals surface area (Å²) in [6.07, 6.45) is 5.03. The Morgan fingerprint density at radius 1 is 1.05 bits per heavy atom. The second kappa shape index (κ2) is 12.5. The minimum absolute atomic E-state index is 0.0577. The lowest BCUT2D eigenvalue weighted by Gasteiger charge is -2.46. The summed E-state index contributed by atoms with van der Waals surface area (Å²) in [6, 6.07) is 18.4. The SMILES string of the molecule is CC(c1ccc(C(=O)NCCC(=O)O)cc1)N1C(=O)C(c2cccc(-c3ccnc(Cl)c3)c2)=NC12CCC(C(C)(C)C)CC2. The lowest BCUT2D eigenvalue weighted by atomic mass is 9.69. The Morgan fingerprint density at radius 2 is 1.70 bits per heavy atom. The predicted molar refractivity (Wildman–Crippen MR) is 172 cm³/mol. The normalized spacial score (nSPS) is 20.8. The van der Waals surface area contributed by atoms with Gasteiger partial charge in [-0.3, -0.25) is 19.4 Å². The first-order valence-electron chi connectivity index (χ1n) is 15.1. The molecule has 2 heterocycles. The summed E-state index contributed by atoms with van der Waals surface area (Å²) < 4.78 is 0. The van der Waals surface area contributed by atoms with Gasteiger partial charge in [0.15, 0.2) is 0 Å². The highest BCUT2D eigenvalue weighted by atomic mass is 35.5. The third-order valence-corrected chi connectivity index (χ3v) is 9.27. The molecule has 2 N–H and O–H groups in total. The molecule has 3 aromatic rings. The molecule has 1 aliphatic heterocycles. The molecule has 5 rings (SSSR count). The summed E-state index contributed by atoms with van der Waals surface area (Å²) in [5.41, 5.74) is 3.92. The molecule has 230 valence electrons. The fraction of sp³-hybridized carbons (Fsp3) is 0.400. The number of hydrogen-bond donors (Lipinski definition) is 2. The molecule has 1 saturated carbocycles. The monoisotopic (exact) mass is 614 g/mol. The zero-order chi connectivity index (χ0) is 31.6. The van der Waals surface area contributed by atoms with Crippen LogP contribution in [0.2, 0.25) is 5.15 Å². The molecule has 0 radical (unpaired) electrons. The topological polar surface area (TPSA) is 112 Å². The van der Waals surface area contributed by atoms with E-state index < -0.39 is 11.6 Å². The quantitative estimate of drug-likeness (QED) is 0.267. The molecule has 1 aliphatic carbocycles. The van der Waals surface area contributed by atoms with Crippen LogP contribution in [0, 0.1) is 11.3 Å². The zero-order valence-electron chi connectivity index (χ0n) is 25.6. The van der Waals surface area contributed by atoms with Crippen molar-refractivity contribution in [2.75, 3.05) is 6.54 Å². The van der Waals surface area contributed by atoms with Crippen molar-refractivity contribution in [3.63, 3.8) is 0 Å². The average Bonchev–Trinajstić information content (AvgIpc) is 3.27. The molecule has 2 aromatic carbocycles. The number of halogens is 1. The minimum atomic E-state index is -0.967. The van der Waals surface area contributed by atoms with Gasteiger partial charge >= 0.3 is 5.97 Å². The van der Waals surface area contributed by atoms with Crippen molar-refractivity contribution < 1.29 is 19.5 Å². The Bertz CT molecular complexity index is 1590. The van der Waals surface area contributed by atoms with Gasteiger partial charge in [0, 0.05) is 23.9 Å². The van der Waals surface area contributed by atoms with E-state index in [2.05, 4.69) is 31.1 Å². The number of amides is 2. The van der Waals surface area contributed by atoms with E-state index in [4.69, 9.17) is 21.7 Å². The van der Waals surface area contributed by atoms with Gasteiger partial charge in [0.05, 0.1) is 12.5 Å². The number of nitrogens with one attached hydrogen (secondary N) is 1. The first-order chi connectivity index (χ1) is 20.9. The van der Waals surface area contributed by atoms with Crippen molar-refractivity contribution in [3.05, 3.63) is 88.7 Å². The maximum Gasteiger partial charge on any atom is 0.305 e. The average molecular weight is 615 g/mol. The van der Waals surface area contributed by atoms with Crippen molar-refractivity contribution in [1.82, 2.24) is 15.2 Å². The van der Waals surface area contributed by atoms with E-state index in [0.717, 1.165) is 47.9 Å². The molecule has 1 atom stereocenters. The van der Waals surface area contributed by atoms with Gasteiger partial charge in [0.1, 0.15) is 16.5 Å². The number of aliphatic carboxylic acids is 1. The number of hydrogen-bond acceptors (Lipinski definition) is 5. The molecule has 1 spiro atoms. The Morgan fingerprint density at radius 3 is 2.34 bits per heavy atom. The molecule has 1 unspecified atom stereocenters. The van der Waals surface area contributed by atoms with Crippen LogP contribution in [-0.4, -0.2) is 50.7 Å². The molecule has 2 aliphatic rings. The first-order valence-corrected chi connectivity index (χ1v) is 15.5. The van der Waals surface area contributed by atoms with Gasteiger partial charge in [-0.25, -0.2) is 4.98 Å². The smallest absolute Gasteiger partial charge is 0.305 e. The molecule has 0 bridgehead atoms. The van der Waals surface area contributed by atoms with Crippen molar-refractivity contribution in [2.24, 2.45) is 16.3 Å². The van der Waals surface area contributed by atoms with Crippen molar-refractivity contribution in [2.45, 2.75) is 71.5 Å². The summed E-state index contributed by atoms with van der Waals surface area (Å²) in [6.45, 7) is 8.91. The molecule has 9 heteroatoms. The highest BCUT2D eigenvalue weighted by Crippen LogP contribution is 2.49. The highest BCUT2D eigenvalue weighted by Gasteiger charge is 2.52. The van der Waals surface area contributed by atoms with E-state index >= 15 is 0 Å². The second-order valence-electron chi connectivity index (χ2n) is 12.9. The van der Waals surface area contributed by atoms with Crippen LogP contribution in [0.15, 0.2) is 71.9 Å². The van der Waals surface area contributed by atoms with Crippen molar-refractivity contribution in [1.29, 1.82) is 0 Å². The van der Waals surface area contributed by atoms with Crippen LogP contribution in [0.5, 0.6) is 0 Å². The van der Waals surface area contributed by atoms with Crippen LogP contribution < -0.4 is 5.32 Å². The first kappa shape index (κ1) is 31.4. The van der Waals surface area contributed by atoms with E-state index in [1.54, 1.807) is 24.4 Å². The molecular formula is C35H39ClN4O4. The zero-order valence-corrected chi connectivity index (χ0v) is 26.4. The lowest BCUT2D eigenvalue weighted by Crippen LogP contribution is -2.50. The Hall–Kier alpha value is -4.04. The number of pyridine rings is 1.